The van der Waals surface area contributed by atoms with Gasteiger partial charge in [0.1, 0.15) is 0 Å². The number of hydrogen-bond donors (Lipinski definition) is 1. The van der Waals surface area contributed by atoms with Crippen molar-refractivity contribution in [3.8, 4) is 0 Å². The number of carbonyl (C=O) groups excluding carboxylic acids is 1. The van der Waals surface area contributed by atoms with Gasteiger partial charge in [0.25, 0.3) is 0 Å². The van der Waals surface area contributed by atoms with Crippen molar-refractivity contribution in [2.45, 2.75) is 39.2 Å². The van der Waals surface area contributed by atoms with E-state index in [1.165, 1.54) is 11.1 Å². The number of amides is 1. The SMILES string of the molecule is CCCc1ccc(CN(C)C(=O)CCCN)cc1. The molecule has 1 aromatic rings. The van der Waals surface area contributed by atoms with Gasteiger partial charge in [0, 0.05) is 20.0 Å². The van der Waals surface area contributed by atoms with Crippen molar-refractivity contribution in [1.82, 2.24) is 4.90 Å². The molecule has 0 aromatic heterocycles. The fraction of sp³-hybridized carbons (Fsp3) is 0.533. The van der Waals surface area contributed by atoms with Gasteiger partial charge in [-0.3, -0.25) is 4.79 Å². The van der Waals surface area contributed by atoms with Gasteiger partial charge >= 0.3 is 0 Å². The smallest absolute Gasteiger partial charge is 0.222 e. The summed E-state index contributed by atoms with van der Waals surface area (Å²) in [6, 6.07) is 8.52. The lowest BCUT2D eigenvalue weighted by Gasteiger charge is -2.17. The van der Waals surface area contributed by atoms with Crippen molar-refractivity contribution in [2.75, 3.05) is 13.6 Å². The predicted octanol–water partition coefficient (Wildman–Crippen LogP) is 2.34. The molecule has 100 valence electrons. The molecule has 0 fully saturated rings. The van der Waals surface area contributed by atoms with Crippen LogP contribution in [0.2, 0.25) is 0 Å². The van der Waals surface area contributed by atoms with Crippen molar-refractivity contribution in [1.29, 1.82) is 0 Å². The Morgan fingerprint density at radius 2 is 1.83 bits per heavy atom. The Kier molecular flexibility index (Phi) is 6.44. The second-order valence-electron chi connectivity index (χ2n) is 4.71. The molecule has 0 bridgehead atoms. The Labute approximate surface area is 110 Å². The fourth-order valence-electron chi connectivity index (χ4n) is 1.91. The Balaban J connectivity index is 2.48. The van der Waals surface area contributed by atoms with E-state index in [1.54, 1.807) is 4.90 Å². The van der Waals surface area contributed by atoms with Crippen LogP contribution in [0.25, 0.3) is 0 Å². The summed E-state index contributed by atoms with van der Waals surface area (Å²) in [6.07, 6.45) is 3.59. The monoisotopic (exact) mass is 248 g/mol. The van der Waals surface area contributed by atoms with Gasteiger partial charge in [0.15, 0.2) is 0 Å². The molecular weight excluding hydrogens is 224 g/mol. The van der Waals surface area contributed by atoms with E-state index >= 15 is 0 Å². The maximum atomic E-state index is 11.7. The number of aryl methyl sites for hydroxylation is 1. The summed E-state index contributed by atoms with van der Waals surface area (Å²) in [7, 11) is 1.85. The Morgan fingerprint density at radius 3 is 2.39 bits per heavy atom. The second-order valence-corrected chi connectivity index (χ2v) is 4.71. The predicted molar refractivity (Wildman–Crippen MR) is 75.2 cm³/mol. The molecular formula is C15H24N2O. The molecule has 0 unspecified atom stereocenters. The van der Waals surface area contributed by atoms with Crippen LogP contribution in [0.3, 0.4) is 0 Å². The lowest BCUT2D eigenvalue weighted by Crippen LogP contribution is -2.26. The van der Waals surface area contributed by atoms with Gasteiger partial charge in [0.2, 0.25) is 5.91 Å². The van der Waals surface area contributed by atoms with Gasteiger partial charge in [-0.05, 0) is 30.5 Å². The summed E-state index contributed by atoms with van der Waals surface area (Å²) in [4.78, 5) is 13.5. The largest absolute Gasteiger partial charge is 0.341 e. The minimum absolute atomic E-state index is 0.165. The zero-order chi connectivity index (χ0) is 13.4. The van der Waals surface area contributed by atoms with Gasteiger partial charge in [-0.15, -0.1) is 0 Å². The molecule has 3 heteroatoms. The van der Waals surface area contributed by atoms with Crippen molar-refractivity contribution >= 4 is 5.91 Å². The first-order valence-electron chi connectivity index (χ1n) is 6.69. The standard InChI is InChI=1S/C15H24N2O/c1-3-5-13-7-9-14(10-8-13)12-17(2)15(18)6-4-11-16/h7-10H,3-6,11-12,16H2,1-2H3. The molecule has 0 aliphatic carbocycles. The highest BCUT2D eigenvalue weighted by molar-refractivity contribution is 5.75. The summed E-state index contributed by atoms with van der Waals surface area (Å²) in [5.74, 6) is 0.165. The highest BCUT2D eigenvalue weighted by atomic mass is 16.2. The first-order valence-corrected chi connectivity index (χ1v) is 6.69. The summed E-state index contributed by atoms with van der Waals surface area (Å²) >= 11 is 0. The molecule has 18 heavy (non-hydrogen) atoms. The number of rotatable bonds is 7. The van der Waals surface area contributed by atoms with Crippen molar-refractivity contribution < 1.29 is 4.79 Å². The number of hydrogen-bond acceptors (Lipinski definition) is 2. The van der Waals surface area contributed by atoms with E-state index in [9.17, 15) is 4.79 Å². The molecule has 0 atom stereocenters. The molecule has 0 aliphatic rings. The zero-order valence-corrected chi connectivity index (χ0v) is 11.5. The van der Waals surface area contributed by atoms with Crippen LogP contribution in [-0.4, -0.2) is 24.4 Å². The van der Waals surface area contributed by atoms with E-state index in [4.69, 9.17) is 5.73 Å². The van der Waals surface area contributed by atoms with E-state index in [0.717, 1.165) is 19.3 Å². The Morgan fingerprint density at radius 1 is 1.22 bits per heavy atom. The minimum atomic E-state index is 0.165. The maximum Gasteiger partial charge on any atom is 0.222 e. The maximum absolute atomic E-state index is 11.7. The summed E-state index contributed by atoms with van der Waals surface area (Å²) in [5.41, 5.74) is 7.94. The van der Waals surface area contributed by atoms with E-state index in [2.05, 4.69) is 31.2 Å². The van der Waals surface area contributed by atoms with Crippen LogP contribution in [0.1, 0.15) is 37.3 Å². The quantitative estimate of drug-likeness (QED) is 0.805. The summed E-state index contributed by atoms with van der Waals surface area (Å²) in [5, 5.41) is 0. The molecule has 0 aliphatic heterocycles. The number of benzene rings is 1. The van der Waals surface area contributed by atoms with Gasteiger partial charge in [-0.2, -0.15) is 0 Å². The van der Waals surface area contributed by atoms with Crippen LogP contribution in [0, 0.1) is 0 Å². The molecule has 1 rings (SSSR count). The Hall–Kier alpha value is -1.35. The zero-order valence-electron chi connectivity index (χ0n) is 11.5. The molecule has 2 N–H and O–H groups in total. The van der Waals surface area contributed by atoms with Crippen LogP contribution in [0.5, 0.6) is 0 Å². The average molecular weight is 248 g/mol. The summed E-state index contributed by atoms with van der Waals surface area (Å²) in [6.45, 7) is 3.43. The number of nitrogens with zero attached hydrogens (tertiary/aromatic N) is 1. The topological polar surface area (TPSA) is 46.3 Å². The van der Waals surface area contributed by atoms with Gasteiger partial charge in [-0.1, -0.05) is 37.6 Å². The third-order valence-corrected chi connectivity index (χ3v) is 3.00. The fourth-order valence-corrected chi connectivity index (χ4v) is 1.91. The lowest BCUT2D eigenvalue weighted by atomic mass is 10.1. The Bertz CT molecular complexity index is 359. The van der Waals surface area contributed by atoms with Crippen molar-refractivity contribution in [3.63, 3.8) is 0 Å². The van der Waals surface area contributed by atoms with Crippen LogP contribution < -0.4 is 5.73 Å². The van der Waals surface area contributed by atoms with E-state index in [1.807, 2.05) is 7.05 Å². The molecule has 0 radical (unpaired) electrons. The van der Waals surface area contributed by atoms with E-state index < -0.39 is 0 Å². The molecule has 0 heterocycles. The van der Waals surface area contributed by atoms with Crippen LogP contribution in [-0.2, 0) is 17.8 Å². The highest BCUT2D eigenvalue weighted by Crippen LogP contribution is 2.09. The number of carbonyl (C=O) groups is 1. The molecule has 1 amide bonds. The first-order chi connectivity index (χ1) is 8.67. The number of nitrogens with two attached hydrogens (primary N) is 1. The highest BCUT2D eigenvalue weighted by Gasteiger charge is 2.08. The van der Waals surface area contributed by atoms with Crippen LogP contribution in [0.15, 0.2) is 24.3 Å². The van der Waals surface area contributed by atoms with Gasteiger partial charge in [-0.25, -0.2) is 0 Å². The molecule has 0 spiro atoms. The van der Waals surface area contributed by atoms with Crippen LogP contribution >= 0.6 is 0 Å². The van der Waals surface area contributed by atoms with E-state index in [-0.39, 0.29) is 5.91 Å². The molecule has 3 nitrogen and oxygen atoms in total. The summed E-state index contributed by atoms with van der Waals surface area (Å²) < 4.78 is 0. The first kappa shape index (κ1) is 14.7. The van der Waals surface area contributed by atoms with Crippen LogP contribution in [0.4, 0.5) is 0 Å². The lowest BCUT2D eigenvalue weighted by molar-refractivity contribution is -0.130. The third-order valence-electron chi connectivity index (χ3n) is 3.00. The van der Waals surface area contributed by atoms with Gasteiger partial charge < -0.3 is 10.6 Å². The van der Waals surface area contributed by atoms with E-state index in [0.29, 0.717) is 19.5 Å². The van der Waals surface area contributed by atoms with Crippen molar-refractivity contribution in [2.24, 2.45) is 5.73 Å². The molecule has 0 saturated carbocycles. The third kappa shape index (κ3) is 4.88. The normalized spacial score (nSPS) is 10.4. The minimum Gasteiger partial charge on any atom is -0.341 e. The molecule has 1 aromatic carbocycles. The average Bonchev–Trinajstić information content (AvgIpc) is 2.38. The second kappa shape index (κ2) is 7.88. The van der Waals surface area contributed by atoms with Crippen molar-refractivity contribution in [3.05, 3.63) is 35.4 Å². The molecule has 0 saturated heterocycles. The van der Waals surface area contributed by atoms with Gasteiger partial charge in [0.05, 0.1) is 0 Å².